The summed E-state index contributed by atoms with van der Waals surface area (Å²) in [4.78, 5) is 2.67. The van der Waals surface area contributed by atoms with Gasteiger partial charge in [0, 0.05) is 11.6 Å². The molecule has 2 nitrogen and oxygen atoms in total. The Bertz CT molecular complexity index is 191. The van der Waals surface area contributed by atoms with Crippen molar-refractivity contribution < 1.29 is 0 Å². The smallest absolute Gasteiger partial charge is 0.0355 e. The second-order valence-corrected chi connectivity index (χ2v) is 5.74. The third kappa shape index (κ3) is 2.78. The van der Waals surface area contributed by atoms with E-state index in [0.29, 0.717) is 12.0 Å². The minimum absolute atomic E-state index is 0.265. The molecule has 0 spiro atoms. The van der Waals surface area contributed by atoms with Crippen molar-refractivity contribution in [3.05, 3.63) is 0 Å². The topological polar surface area (TPSA) is 29.3 Å². The van der Waals surface area contributed by atoms with E-state index in [-0.39, 0.29) is 5.54 Å². The molecule has 1 saturated heterocycles. The molecular weight excluding hydrogens is 196 g/mol. The summed E-state index contributed by atoms with van der Waals surface area (Å²) in [5.41, 5.74) is 6.78. The lowest BCUT2D eigenvalue weighted by molar-refractivity contribution is 0.0691. The van der Waals surface area contributed by atoms with Crippen molar-refractivity contribution in [3.63, 3.8) is 0 Å². The monoisotopic (exact) mass is 226 g/mol. The van der Waals surface area contributed by atoms with Gasteiger partial charge in [-0.2, -0.15) is 0 Å². The molecule has 1 rings (SSSR count). The molecule has 0 bridgehead atoms. The van der Waals surface area contributed by atoms with Gasteiger partial charge in [0.1, 0.15) is 0 Å². The van der Waals surface area contributed by atoms with Gasteiger partial charge in [0.25, 0.3) is 0 Å². The quantitative estimate of drug-likeness (QED) is 0.754. The standard InChI is InChI=1S/C14H30N2/c1-5-14(6-2,13(15)11-12(3)4)16-9-7-8-10-16/h12-13H,5-11,15H2,1-4H3. The Hall–Kier alpha value is -0.0800. The summed E-state index contributed by atoms with van der Waals surface area (Å²) in [5, 5.41) is 0. The minimum atomic E-state index is 0.265. The largest absolute Gasteiger partial charge is 0.326 e. The highest BCUT2D eigenvalue weighted by Gasteiger charge is 2.40. The first-order valence-corrected chi connectivity index (χ1v) is 7.07. The molecule has 0 amide bonds. The van der Waals surface area contributed by atoms with Crippen LogP contribution in [0.2, 0.25) is 0 Å². The van der Waals surface area contributed by atoms with E-state index in [1.807, 2.05) is 0 Å². The maximum absolute atomic E-state index is 6.51. The van der Waals surface area contributed by atoms with Gasteiger partial charge in [0.15, 0.2) is 0 Å². The van der Waals surface area contributed by atoms with Crippen LogP contribution in [0.5, 0.6) is 0 Å². The first-order valence-electron chi connectivity index (χ1n) is 7.07. The summed E-state index contributed by atoms with van der Waals surface area (Å²) in [6.45, 7) is 11.7. The Labute approximate surface area is 102 Å². The van der Waals surface area contributed by atoms with E-state index in [1.54, 1.807) is 0 Å². The van der Waals surface area contributed by atoms with Gasteiger partial charge in [-0.3, -0.25) is 4.90 Å². The van der Waals surface area contributed by atoms with Crippen LogP contribution in [0.3, 0.4) is 0 Å². The van der Waals surface area contributed by atoms with E-state index >= 15 is 0 Å². The molecule has 1 aliphatic rings. The summed E-state index contributed by atoms with van der Waals surface area (Å²) in [6, 6.07) is 0.334. The highest BCUT2D eigenvalue weighted by molar-refractivity contribution is 4.99. The van der Waals surface area contributed by atoms with Gasteiger partial charge in [0.05, 0.1) is 0 Å². The molecule has 16 heavy (non-hydrogen) atoms. The van der Waals surface area contributed by atoms with E-state index in [4.69, 9.17) is 5.73 Å². The maximum atomic E-state index is 6.51. The zero-order chi connectivity index (χ0) is 12.2. The molecule has 1 heterocycles. The van der Waals surface area contributed by atoms with E-state index in [0.717, 1.165) is 6.42 Å². The molecule has 0 saturated carbocycles. The third-order valence-corrected chi connectivity index (χ3v) is 4.38. The lowest BCUT2D eigenvalue weighted by Crippen LogP contribution is -2.58. The van der Waals surface area contributed by atoms with Crippen LogP contribution in [0.15, 0.2) is 0 Å². The zero-order valence-electron chi connectivity index (χ0n) is 11.6. The molecule has 0 aliphatic carbocycles. The van der Waals surface area contributed by atoms with E-state index in [2.05, 4.69) is 32.6 Å². The van der Waals surface area contributed by atoms with Gasteiger partial charge in [0.2, 0.25) is 0 Å². The first kappa shape index (κ1) is 14.0. The molecule has 0 aromatic rings. The second-order valence-electron chi connectivity index (χ2n) is 5.74. The molecule has 0 radical (unpaired) electrons. The Morgan fingerprint density at radius 2 is 1.62 bits per heavy atom. The summed E-state index contributed by atoms with van der Waals surface area (Å²) in [5.74, 6) is 0.704. The van der Waals surface area contributed by atoms with Crippen molar-refractivity contribution in [2.24, 2.45) is 11.7 Å². The van der Waals surface area contributed by atoms with Crippen molar-refractivity contribution in [3.8, 4) is 0 Å². The van der Waals surface area contributed by atoms with E-state index in [9.17, 15) is 0 Å². The van der Waals surface area contributed by atoms with E-state index < -0.39 is 0 Å². The molecular formula is C14H30N2. The average Bonchev–Trinajstić information content (AvgIpc) is 2.73. The van der Waals surface area contributed by atoms with Crippen molar-refractivity contribution in [2.45, 2.75) is 71.4 Å². The van der Waals surface area contributed by atoms with Crippen LogP contribution in [0.25, 0.3) is 0 Å². The van der Waals surface area contributed by atoms with Crippen LogP contribution in [-0.4, -0.2) is 29.6 Å². The Kier molecular flexibility index (Phi) is 5.26. The molecule has 1 aliphatic heterocycles. The molecule has 1 unspecified atom stereocenters. The molecule has 2 N–H and O–H groups in total. The lowest BCUT2D eigenvalue weighted by atomic mass is 9.79. The van der Waals surface area contributed by atoms with Crippen LogP contribution in [0.4, 0.5) is 0 Å². The number of rotatable bonds is 6. The minimum Gasteiger partial charge on any atom is -0.326 e. The highest BCUT2D eigenvalue weighted by atomic mass is 15.2. The van der Waals surface area contributed by atoms with Gasteiger partial charge in [-0.15, -0.1) is 0 Å². The molecule has 96 valence electrons. The Morgan fingerprint density at radius 1 is 1.12 bits per heavy atom. The average molecular weight is 226 g/mol. The van der Waals surface area contributed by atoms with Gasteiger partial charge >= 0.3 is 0 Å². The normalized spacial score (nSPS) is 20.6. The molecule has 1 atom stereocenters. The maximum Gasteiger partial charge on any atom is 0.0355 e. The predicted octanol–water partition coefficient (Wildman–Crippen LogP) is 3.01. The molecule has 0 aromatic carbocycles. The number of likely N-dealkylation sites (tertiary alicyclic amines) is 1. The molecule has 2 heteroatoms. The fourth-order valence-corrected chi connectivity index (χ4v) is 3.35. The van der Waals surface area contributed by atoms with Crippen LogP contribution < -0.4 is 5.73 Å². The Morgan fingerprint density at radius 3 is 2.00 bits per heavy atom. The van der Waals surface area contributed by atoms with Crippen LogP contribution in [0, 0.1) is 5.92 Å². The Balaban J connectivity index is 2.76. The first-order chi connectivity index (χ1) is 7.56. The van der Waals surface area contributed by atoms with Crippen LogP contribution >= 0.6 is 0 Å². The van der Waals surface area contributed by atoms with Gasteiger partial charge in [-0.1, -0.05) is 27.7 Å². The van der Waals surface area contributed by atoms with E-state index in [1.165, 1.54) is 38.8 Å². The van der Waals surface area contributed by atoms with Crippen molar-refractivity contribution >= 4 is 0 Å². The van der Waals surface area contributed by atoms with Crippen LogP contribution in [0.1, 0.15) is 59.8 Å². The van der Waals surface area contributed by atoms with Crippen molar-refractivity contribution in [1.82, 2.24) is 4.90 Å². The fourth-order valence-electron chi connectivity index (χ4n) is 3.35. The lowest BCUT2D eigenvalue weighted by Gasteiger charge is -2.46. The van der Waals surface area contributed by atoms with Crippen LogP contribution in [-0.2, 0) is 0 Å². The summed E-state index contributed by atoms with van der Waals surface area (Å²) in [6.07, 6.45) is 6.25. The number of hydrogen-bond donors (Lipinski definition) is 1. The number of nitrogens with two attached hydrogens (primary N) is 1. The van der Waals surface area contributed by atoms with Gasteiger partial charge in [-0.05, 0) is 51.1 Å². The van der Waals surface area contributed by atoms with Gasteiger partial charge < -0.3 is 5.73 Å². The molecule has 1 fully saturated rings. The second kappa shape index (κ2) is 6.02. The predicted molar refractivity (Wildman–Crippen MR) is 71.6 cm³/mol. The number of hydrogen-bond acceptors (Lipinski definition) is 2. The summed E-state index contributed by atoms with van der Waals surface area (Å²) < 4.78 is 0. The SMILES string of the molecule is CCC(CC)(C(N)CC(C)C)N1CCCC1. The van der Waals surface area contributed by atoms with Crippen molar-refractivity contribution in [2.75, 3.05) is 13.1 Å². The zero-order valence-corrected chi connectivity index (χ0v) is 11.6. The summed E-state index contributed by atoms with van der Waals surface area (Å²) >= 11 is 0. The third-order valence-electron chi connectivity index (χ3n) is 4.38. The molecule has 0 aromatic heterocycles. The van der Waals surface area contributed by atoms with Crippen molar-refractivity contribution in [1.29, 1.82) is 0 Å². The van der Waals surface area contributed by atoms with Gasteiger partial charge in [-0.25, -0.2) is 0 Å². The fraction of sp³-hybridized carbons (Fsp3) is 1.00. The summed E-state index contributed by atoms with van der Waals surface area (Å²) in [7, 11) is 0. The highest BCUT2D eigenvalue weighted by Crippen LogP contribution is 2.32. The number of nitrogens with zero attached hydrogens (tertiary/aromatic N) is 1.